The summed E-state index contributed by atoms with van der Waals surface area (Å²) in [5, 5.41) is 3.62. The molecule has 0 aromatic rings. The topological polar surface area (TPSA) is 51.2 Å². The van der Waals surface area contributed by atoms with Crippen LogP contribution in [-0.4, -0.2) is 86.0 Å². The lowest BCUT2D eigenvalue weighted by Crippen LogP contribution is -2.55. The van der Waals surface area contributed by atoms with Crippen molar-refractivity contribution < 1.29 is 4.79 Å². The second kappa shape index (κ2) is 11.6. The van der Waals surface area contributed by atoms with Crippen molar-refractivity contribution in [1.29, 1.82) is 0 Å². The standard InChI is InChI=1S/C21H39N5O.HI/c1-21(9-5-6-10-21)18-23-20(22-2)26-15-13-24(14-16-26)17-19(27)25-11-7-3-4-8-12-25;/h3-18H2,1-2H3,(H,22,23);1H. The maximum Gasteiger partial charge on any atom is 0.236 e. The third-order valence-corrected chi connectivity index (χ3v) is 6.69. The fourth-order valence-electron chi connectivity index (χ4n) is 4.76. The van der Waals surface area contributed by atoms with Gasteiger partial charge in [0.15, 0.2) is 5.96 Å². The highest BCUT2D eigenvalue weighted by Crippen LogP contribution is 2.36. The average molecular weight is 505 g/mol. The molecule has 2 aliphatic heterocycles. The number of aliphatic imine (C=N–C) groups is 1. The van der Waals surface area contributed by atoms with E-state index in [1.54, 1.807) is 0 Å². The third kappa shape index (κ3) is 6.75. The van der Waals surface area contributed by atoms with Crippen LogP contribution >= 0.6 is 24.0 Å². The quantitative estimate of drug-likeness (QED) is 0.363. The van der Waals surface area contributed by atoms with Gasteiger partial charge in [0.2, 0.25) is 5.91 Å². The van der Waals surface area contributed by atoms with Gasteiger partial charge in [-0.2, -0.15) is 0 Å². The molecule has 3 rings (SSSR count). The van der Waals surface area contributed by atoms with Gasteiger partial charge in [-0.3, -0.25) is 14.7 Å². The molecular weight excluding hydrogens is 465 g/mol. The summed E-state index contributed by atoms with van der Waals surface area (Å²) in [6.07, 6.45) is 10.2. The Balaban J connectivity index is 0.00000280. The van der Waals surface area contributed by atoms with Crippen LogP contribution in [0, 0.1) is 5.41 Å². The number of amides is 1. The molecule has 28 heavy (non-hydrogen) atoms. The van der Waals surface area contributed by atoms with Gasteiger partial charge in [0.1, 0.15) is 0 Å². The Morgan fingerprint density at radius 3 is 2.07 bits per heavy atom. The normalized spacial score (nSPS) is 23.9. The maximum atomic E-state index is 12.6. The summed E-state index contributed by atoms with van der Waals surface area (Å²) in [6, 6.07) is 0. The Kier molecular flexibility index (Phi) is 9.80. The van der Waals surface area contributed by atoms with Gasteiger partial charge in [-0.25, -0.2) is 0 Å². The number of rotatable bonds is 4. The van der Waals surface area contributed by atoms with E-state index in [0.717, 1.165) is 51.8 Å². The van der Waals surface area contributed by atoms with Gasteiger partial charge in [-0.1, -0.05) is 32.6 Å². The summed E-state index contributed by atoms with van der Waals surface area (Å²) in [4.78, 5) is 23.9. The Hall–Kier alpha value is -0.570. The van der Waals surface area contributed by atoms with E-state index in [4.69, 9.17) is 0 Å². The zero-order valence-electron chi connectivity index (χ0n) is 17.9. The lowest BCUT2D eigenvalue weighted by Gasteiger charge is -2.37. The summed E-state index contributed by atoms with van der Waals surface area (Å²) in [6.45, 7) is 9.68. The monoisotopic (exact) mass is 505 g/mol. The van der Waals surface area contributed by atoms with Crippen LogP contribution in [0.25, 0.3) is 0 Å². The molecule has 0 unspecified atom stereocenters. The van der Waals surface area contributed by atoms with E-state index in [0.29, 0.717) is 17.9 Å². The van der Waals surface area contributed by atoms with Gasteiger partial charge < -0.3 is 15.1 Å². The van der Waals surface area contributed by atoms with E-state index in [2.05, 4.69) is 31.9 Å². The summed E-state index contributed by atoms with van der Waals surface area (Å²) >= 11 is 0. The number of nitrogens with zero attached hydrogens (tertiary/aromatic N) is 4. The Labute approximate surface area is 188 Å². The molecule has 2 saturated heterocycles. The van der Waals surface area contributed by atoms with E-state index in [-0.39, 0.29) is 24.0 Å². The van der Waals surface area contributed by atoms with E-state index < -0.39 is 0 Å². The summed E-state index contributed by atoms with van der Waals surface area (Å²) in [5.41, 5.74) is 0.428. The predicted octanol–water partition coefficient (Wildman–Crippen LogP) is 2.78. The van der Waals surface area contributed by atoms with E-state index >= 15 is 0 Å². The van der Waals surface area contributed by atoms with Crippen LogP contribution in [0.15, 0.2) is 4.99 Å². The second-order valence-electron chi connectivity index (χ2n) is 8.98. The fourth-order valence-corrected chi connectivity index (χ4v) is 4.76. The van der Waals surface area contributed by atoms with Crippen LogP contribution in [0.1, 0.15) is 58.3 Å². The molecule has 0 bridgehead atoms. The number of halogens is 1. The molecule has 0 atom stereocenters. The first kappa shape index (κ1) is 23.7. The summed E-state index contributed by atoms with van der Waals surface area (Å²) < 4.78 is 0. The number of carbonyl (C=O) groups excluding carboxylic acids is 1. The van der Waals surface area contributed by atoms with E-state index in [1.165, 1.54) is 51.4 Å². The Bertz CT molecular complexity index is 505. The zero-order valence-corrected chi connectivity index (χ0v) is 20.2. The van der Waals surface area contributed by atoms with Crippen molar-refractivity contribution in [3.05, 3.63) is 0 Å². The highest BCUT2D eigenvalue weighted by atomic mass is 127. The smallest absolute Gasteiger partial charge is 0.236 e. The van der Waals surface area contributed by atoms with Crippen molar-refractivity contribution in [2.45, 2.75) is 58.3 Å². The largest absolute Gasteiger partial charge is 0.356 e. The lowest BCUT2D eigenvalue weighted by atomic mass is 9.89. The molecule has 6 nitrogen and oxygen atoms in total. The van der Waals surface area contributed by atoms with Gasteiger partial charge in [0.25, 0.3) is 0 Å². The van der Waals surface area contributed by atoms with Crippen molar-refractivity contribution in [1.82, 2.24) is 20.0 Å². The molecule has 0 aromatic heterocycles. The van der Waals surface area contributed by atoms with Gasteiger partial charge >= 0.3 is 0 Å². The number of guanidine groups is 1. The van der Waals surface area contributed by atoms with Crippen LogP contribution in [0.2, 0.25) is 0 Å². The number of likely N-dealkylation sites (tertiary alicyclic amines) is 1. The highest BCUT2D eigenvalue weighted by molar-refractivity contribution is 14.0. The molecule has 1 saturated carbocycles. The average Bonchev–Trinajstić information content (AvgIpc) is 2.94. The molecule has 3 aliphatic rings. The van der Waals surface area contributed by atoms with Crippen molar-refractivity contribution in [2.75, 3.05) is 59.4 Å². The first-order valence-corrected chi connectivity index (χ1v) is 11.1. The van der Waals surface area contributed by atoms with Crippen molar-refractivity contribution in [3.8, 4) is 0 Å². The second-order valence-corrected chi connectivity index (χ2v) is 8.98. The summed E-state index contributed by atoms with van der Waals surface area (Å²) in [5.74, 6) is 1.35. The minimum atomic E-state index is 0. The highest BCUT2D eigenvalue weighted by Gasteiger charge is 2.30. The van der Waals surface area contributed by atoms with Crippen LogP contribution in [0.5, 0.6) is 0 Å². The third-order valence-electron chi connectivity index (χ3n) is 6.69. The number of hydrogen-bond donors (Lipinski definition) is 1. The molecule has 3 fully saturated rings. The Morgan fingerprint density at radius 1 is 0.893 bits per heavy atom. The van der Waals surface area contributed by atoms with E-state index in [9.17, 15) is 4.79 Å². The van der Waals surface area contributed by atoms with Gasteiger partial charge in [-0.05, 0) is 31.1 Å². The van der Waals surface area contributed by atoms with Gasteiger partial charge in [-0.15, -0.1) is 24.0 Å². The van der Waals surface area contributed by atoms with Crippen molar-refractivity contribution in [2.24, 2.45) is 10.4 Å². The van der Waals surface area contributed by atoms with Crippen LogP contribution in [0.4, 0.5) is 0 Å². The van der Waals surface area contributed by atoms with E-state index in [1.807, 2.05) is 7.05 Å². The van der Waals surface area contributed by atoms with Gasteiger partial charge in [0.05, 0.1) is 6.54 Å². The van der Waals surface area contributed by atoms with Gasteiger partial charge in [0, 0.05) is 52.9 Å². The molecular formula is C21H40IN5O. The van der Waals surface area contributed by atoms with Crippen molar-refractivity contribution >= 4 is 35.8 Å². The molecule has 0 spiro atoms. The fraction of sp³-hybridized carbons (Fsp3) is 0.905. The molecule has 0 radical (unpaired) electrons. The molecule has 7 heteroatoms. The SMILES string of the molecule is CN=C(NCC1(C)CCCC1)N1CCN(CC(=O)N2CCCCCC2)CC1.I. The number of hydrogen-bond acceptors (Lipinski definition) is 3. The number of nitrogens with one attached hydrogen (secondary N) is 1. The molecule has 1 aliphatic carbocycles. The van der Waals surface area contributed by atoms with Crippen molar-refractivity contribution in [3.63, 3.8) is 0 Å². The summed E-state index contributed by atoms with van der Waals surface area (Å²) in [7, 11) is 1.88. The first-order chi connectivity index (χ1) is 13.1. The number of piperazine rings is 1. The first-order valence-electron chi connectivity index (χ1n) is 11.1. The molecule has 1 amide bonds. The zero-order chi connectivity index (χ0) is 19.1. The molecule has 2 heterocycles. The van der Waals surface area contributed by atoms with Crippen LogP contribution in [0.3, 0.4) is 0 Å². The molecule has 162 valence electrons. The molecule has 1 N–H and O–H groups in total. The predicted molar refractivity (Wildman–Crippen MR) is 126 cm³/mol. The van der Waals surface area contributed by atoms with Crippen LogP contribution in [-0.2, 0) is 4.79 Å². The minimum absolute atomic E-state index is 0. The molecule has 0 aromatic carbocycles. The number of carbonyl (C=O) groups is 1. The maximum absolute atomic E-state index is 12.6. The minimum Gasteiger partial charge on any atom is -0.356 e. The van der Waals surface area contributed by atoms with Crippen LogP contribution < -0.4 is 5.32 Å². The lowest BCUT2D eigenvalue weighted by molar-refractivity contribution is -0.132. The Morgan fingerprint density at radius 2 is 1.50 bits per heavy atom.